The van der Waals surface area contributed by atoms with Gasteiger partial charge in [0.25, 0.3) is 0 Å². The molecular weight excluding hydrogens is 556 g/mol. The number of alkyl carbamates (subject to hydrolysis) is 1. The van der Waals surface area contributed by atoms with Crippen molar-refractivity contribution in [1.82, 2.24) is 10.2 Å². The Balaban J connectivity index is 4.19. The summed E-state index contributed by atoms with van der Waals surface area (Å²) >= 11 is 0. The lowest BCUT2D eigenvalue weighted by Crippen LogP contribution is -2.43. The first-order chi connectivity index (χ1) is 21.4. The Hall–Kier alpha value is -1.83. The van der Waals surface area contributed by atoms with Crippen LogP contribution in [0.2, 0.25) is 0 Å². The summed E-state index contributed by atoms with van der Waals surface area (Å²) in [6.45, 7) is 5.22. The molecule has 0 aliphatic carbocycles. The molecule has 0 bridgehead atoms. The van der Waals surface area contributed by atoms with Gasteiger partial charge in [0.1, 0.15) is 25.9 Å². The maximum Gasteiger partial charge on any atom is 0.407 e. The average molecular weight is 627 g/mol. The summed E-state index contributed by atoms with van der Waals surface area (Å²) in [6, 6.07) is -0.649. The van der Waals surface area contributed by atoms with Gasteiger partial charge in [-0.2, -0.15) is 0 Å². The highest BCUT2D eigenvalue weighted by molar-refractivity contribution is 5.70. The summed E-state index contributed by atoms with van der Waals surface area (Å²) < 4.78 is 16.1. The number of ether oxygens (including phenoxy) is 3. The number of nitrogens with one attached hydrogen (secondary N) is 1. The average Bonchev–Trinajstić information content (AvgIpc) is 2.99. The van der Waals surface area contributed by atoms with E-state index in [9.17, 15) is 14.4 Å². The first-order valence-electron chi connectivity index (χ1n) is 18.3. The van der Waals surface area contributed by atoms with Gasteiger partial charge in [0.15, 0.2) is 0 Å². The van der Waals surface area contributed by atoms with Crippen molar-refractivity contribution >= 4 is 18.0 Å². The van der Waals surface area contributed by atoms with Gasteiger partial charge in [0.2, 0.25) is 0 Å². The van der Waals surface area contributed by atoms with Crippen LogP contribution in [0.25, 0.3) is 0 Å². The minimum Gasteiger partial charge on any atom is -0.463 e. The van der Waals surface area contributed by atoms with Gasteiger partial charge in [-0.3, -0.25) is 9.59 Å². The summed E-state index contributed by atoms with van der Waals surface area (Å²) in [5, 5.41) is 2.69. The molecule has 1 N–H and O–H groups in total. The summed E-state index contributed by atoms with van der Waals surface area (Å²) in [4.78, 5) is 38.8. The van der Waals surface area contributed by atoms with Crippen LogP contribution >= 0.6 is 0 Å². The largest absolute Gasteiger partial charge is 0.463 e. The zero-order valence-electron chi connectivity index (χ0n) is 29.3. The topological polar surface area (TPSA) is 94.2 Å². The van der Waals surface area contributed by atoms with Crippen LogP contribution in [0.1, 0.15) is 168 Å². The highest BCUT2D eigenvalue weighted by Gasteiger charge is 2.18. The normalized spacial score (nSPS) is 11.2. The molecular formula is C36H70N2O6. The number of carbonyl (C=O) groups excluding carboxylic acids is 3. The molecule has 8 nitrogen and oxygen atoms in total. The van der Waals surface area contributed by atoms with Crippen molar-refractivity contribution in [3.63, 3.8) is 0 Å². The Morgan fingerprint density at radius 3 is 1.20 bits per heavy atom. The third kappa shape index (κ3) is 31.6. The van der Waals surface area contributed by atoms with Gasteiger partial charge in [-0.05, 0) is 26.9 Å². The molecule has 0 spiro atoms. The standard InChI is InChI=1S/C36H70N2O6/c1-5-7-9-11-13-15-17-19-21-23-25-27-34(39)43-31-33(37-36(41)42-30-29-38(3)4)32-44-35(40)28-26-24-22-20-18-16-14-12-10-8-6-2/h33H,5-32H2,1-4H3,(H,37,41). The van der Waals surface area contributed by atoms with E-state index in [0.29, 0.717) is 19.4 Å². The van der Waals surface area contributed by atoms with Crippen LogP contribution < -0.4 is 5.32 Å². The number of carbonyl (C=O) groups is 3. The van der Waals surface area contributed by atoms with Crippen LogP contribution in [0.15, 0.2) is 0 Å². The molecule has 0 aromatic heterocycles. The van der Waals surface area contributed by atoms with E-state index in [0.717, 1.165) is 38.5 Å². The highest BCUT2D eigenvalue weighted by atomic mass is 16.6. The van der Waals surface area contributed by atoms with Crippen molar-refractivity contribution in [2.75, 3.05) is 40.5 Å². The zero-order chi connectivity index (χ0) is 32.5. The third-order valence-corrected chi connectivity index (χ3v) is 7.95. The molecule has 0 saturated carbocycles. The lowest BCUT2D eigenvalue weighted by atomic mass is 10.1. The lowest BCUT2D eigenvalue weighted by Gasteiger charge is -2.19. The van der Waals surface area contributed by atoms with Crippen LogP contribution in [-0.4, -0.2) is 69.4 Å². The molecule has 0 atom stereocenters. The van der Waals surface area contributed by atoms with E-state index in [4.69, 9.17) is 14.2 Å². The molecule has 0 aromatic carbocycles. The minimum absolute atomic E-state index is 0.0502. The van der Waals surface area contributed by atoms with Gasteiger partial charge >= 0.3 is 18.0 Å². The predicted octanol–water partition coefficient (Wildman–Crippen LogP) is 9.13. The molecule has 0 aromatic rings. The van der Waals surface area contributed by atoms with Crippen LogP contribution in [-0.2, 0) is 23.8 Å². The first kappa shape index (κ1) is 42.2. The Morgan fingerprint density at radius 1 is 0.523 bits per heavy atom. The number of nitrogens with zero attached hydrogens (tertiary/aromatic N) is 1. The van der Waals surface area contributed by atoms with E-state index in [1.165, 1.54) is 103 Å². The van der Waals surface area contributed by atoms with Gasteiger partial charge in [0, 0.05) is 19.4 Å². The molecule has 0 radical (unpaired) electrons. The summed E-state index contributed by atoms with van der Waals surface area (Å²) in [6.07, 6.45) is 26.9. The van der Waals surface area contributed by atoms with Crippen LogP contribution in [0.3, 0.4) is 0 Å². The van der Waals surface area contributed by atoms with Gasteiger partial charge in [-0.15, -0.1) is 0 Å². The van der Waals surface area contributed by atoms with Gasteiger partial charge in [-0.25, -0.2) is 4.79 Å². The Labute approximate surface area is 271 Å². The molecule has 0 fully saturated rings. The second-order valence-electron chi connectivity index (χ2n) is 12.7. The summed E-state index contributed by atoms with van der Waals surface area (Å²) in [7, 11) is 3.79. The predicted molar refractivity (Wildman–Crippen MR) is 181 cm³/mol. The van der Waals surface area contributed by atoms with E-state index in [2.05, 4.69) is 19.2 Å². The zero-order valence-corrected chi connectivity index (χ0v) is 29.3. The fourth-order valence-corrected chi connectivity index (χ4v) is 5.06. The van der Waals surface area contributed by atoms with Crippen molar-refractivity contribution in [2.24, 2.45) is 0 Å². The second-order valence-corrected chi connectivity index (χ2v) is 12.7. The first-order valence-corrected chi connectivity index (χ1v) is 18.3. The smallest absolute Gasteiger partial charge is 0.407 e. The van der Waals surface area contributed by atoms with E-state index >= 15 is 0 Å². The van der Waals surface area contributed by atoms with Crippen LogP contribution in [0.5, 0.6) is 0 Å². The molecule has 260 valence electrons. The van der Waals surface area contributed by atoms with Crippen LogP contribution in [0.4, 0.5) is 4.79 Å². The van der Waals surface area contributed by atoms with E-state index in [-0.39, 0.29) is 31.8 Å². The summed E-state index contributed by atoms with van der Waals surface area (Å²) in [5.74, 6) is -0.582. The van der Waals surface area contributed by atoms with Gasteiger partial charge < -0.3 is 24.4 Å². The molecule has 8 heteroatoms. The van der Waals surface area contributed by atoms with E-state index in [1.54, 1.807) is 0 Å². The SMILES string of the molecule is CCCCCCCCCCCCCC(=O)OCC(COC(=O)CCCCCCCCCCCCC)NC(=O)OCCN(C)C. The van der Waals surface area contributed by atoms with Crippen molar-refractivity contribution < 1.29 is 28.6 Å². The molecule has 1 amide bonds. The molecule has 0 aliphatic heterocycles. The van der Waals surface area contributed by atoms with Crippen molar-refractivity contribution in [1.29, 1.82) is 0 Å². The third-order valence-electron chi connectivity index (χ3n) is 7.95. The number of likely N-dealkylation sites (N-methyl/N-ethyl adjacent to an activating group) is 1. The maximum absolute atomic E-state index is 12.3. The molecule has 44 heavy (non-hydrogen) atoms. The number of esters is 2. The maximum atomic E-state index is 12.3. The number of amides is 1. The van der Waals surface area contributed by atoms with Crippen molar-refractivity contribution in [3.05, 3.63) is 0 Å². The number of hydrogen-bond acceptors (Lipinski definition) is 7. The number of hydrogen-bond donors (Lipinski definition) is 1. The van der Waals surface area contributed by atoms with Gasteiger partial charge in [-0.1, -0.05) is 142 Å². The number of rotatable bonds is 32. The monoisotopic (exact) mass is 627 g/mol. The molecule has 0 saturated heterocycles. The second kappa shape index (κ2) is 32.6. The molecule has 0 rings (SSSR count). The Bertz CT molecular complexity index is 631. The van der Waals surface area contributed by atoms with E-state index < -0.39 is 12.1 Å². The van der Waals surface area contributed by atoms with Crippen LogP contribution in [0, 0.1) is 0 Å². The van der Waals surface area contributed by atoms with Gasteiger partial charge in [0.05, 0.1) is 0 Å². The molecule has 0 unspecified atom stereocenters. The van der Waals surface area contributed by atoms with Crippen molar-refractivity contribution in [3.8, 4) is 0 Å². The molecule has 0 aliphatic rings. The summed E-state index contributed by atoms with van der Waals surface area (Å²) in [5.41, 5.74) is 0. The Morgan fingerprint density at radius 2 is 0.864 bits per heavy atom. The number of unbranched alkanes of at least 4 members (excludes halogenated alkanes) is 20. The highest BCUT2D eigenvalue weighted by Crippen LogP contribution is 2.13. The van der Waals surface area contributed by atoms with Crippen molar-refractivity contribution in [2.45, 2.75) is 174 Å². The fraction of sp³-hybridized carbons (Fsp3) is 0.917. The fourth-order valence-electron chi connectivity index (χ4n) is 5.06. The molecule has 0 heterocycles. The minimum atomic E-state index is -0.649. The Kier molecular flexibility index (Phi) is 31.2. The lowest BCUT2D eigenvalue weighted by molar-refractivity contribution is -0.147. The quantitative estimate of drug-likeness (QED) is 0.0452. The van der Waals surface area contributed by atoms with E-state index in [1.807, 2.05) is 19.0 Å².